The van der Waals surface area contributed by atoms with Crippen LogP contribution in [0.1, 0.15) is 20.8 Å². The maximum Gasteiger partial charge on any atom is 0.305 e. The second-order valence-corrected chi connectivity index (χ2v) is 9.55. The van der Waals surface area contributed by atoms with Gasteiger partial charge in [0.1, 0.15) is 6.04 Å². The second-order valence-electron chi connectivity index (χ2n) is 6.64. The molecule has 1 fully saturated rings. The first-order chi connectivity index (χ1) is 11.7. The molecule has 1 aliphatic heterocycles. The summed E-state index contributed by atoms with van der Waals surface area (Å²) in [5.74, 6) is 0.161. The van der Waals surface area contributed by atoms with Gasteiger partial charge in [-0.15, -0.1) is 0 Å². The summed E-state index contributed by atoms with van der Waals surface area (Å²) in [5, 5.41) is 0. The van der Waals surface area contributed by atoms with Gasteiger partial charge in [0.25, 0.3) is 0 Å². The number of carbonyl (C=O) groups excluding carboxylic acids is 1. The number of aromatic amines is 1. The van der Waals surface area contributed by atoms with Gasteiger partial charge >= 0.3 is 4.87 Å². The molecule has 0 unspecified atom stereocenters. The normalized spacial score (nSPS) is 19.9. The van der Waals surface area contributed by atoms with Gasteiger partial charge in [0, 0.05) is 19.6 Å². The summed E-state index contributed by atoms with van der Waals surface area (Å²) in [7, 11) is -3.80. The van der Waals surface area contributed by atoms with Crippen LogP contribution in [0.3, 0.4) is 0 Å². The minimum Gasteiger partial charge on any atom is -0.340 e. The van der Waals surface area contributed by atoms with Crippen molar-refractivity contribution in [3.63, 3.8) is 0 Å². The largest absolute Gasteiger partial charge is 0.340 e. The molecule has 1 N–H and O–H groups in total. The van der Waals surface area contributed by atoms with E-state index >= 15 is 0 Å². The summed E-state index contributed by atoms with van der Waals surface area (Å²) < 4.78 is 27.8. The van der Waals surface area contributed by atoms with Gasteiger partial charge in [0.2, 0.25) is 15.9 Å². The molecule has 1 amide bonds. The number of nitrogens with one attached hydrogen (secondary N) is 1. The zero-order valence-electron chi connectivity index (χ0n) is 14.4. The Bertz CT molecular complexity index is 961. The van der Waals surface area contributed by atoms with E-state index in [1.54, 1.807) is 17.9 Å². The standard InChI is InChI=1S/C16H21N3O4S2/c1-10(2)9-18-6-7-19(11(3)15(18)20)25(22,23)12-4-5-13-14(8-12)24-16(21)17-13/h4-5,8,10-11H,6-7,9H2,1-3H3,(H,17,21)/t11-/m0/s1. The van der Waals surface area contributed by atoms with Crippen molar-refractivity contribution in [2.45, 2.75) is 31.7 Å². The van der Waals surface area contributed by atoms with E-state index in [1.807, 2.05) is 13.8 Å². The molecule has 7 nitrogen and oxygen atoms in total. The summed E-state index contributed by atoms with van der Waals surface area (Å²) >= 11 is 0.968. The fraction of sp³-hybridized carbons (Fsp3) is 0.500. The van der Waals surface area contributed by atoms with Crippen LogP contribution in [-0.4, -0.2) is 54.2 Å². The highest BCUT2D eigenvalue weighted by atomic mass is 32.2. The number of H-pyrrole nitrogens is 1. The zero-order valence-corrected chi connectivity index (χ0v) is 16.0. The average molecular weight is 383 g/mol. The van der Waals surface area contributed by atoms with Gasteiger partial charge in [-0.05, 0) is 31.0 Å². The Morgan fingerprint density at radius 3 is 2.68 bits per heavy atom. The van der Waals surface area contributed by atoms with Crippen molar-refractivity contribution < 1.29 is 13.2 Å². The van der Waals surface area contributed by atoms with Crippen LogP contribution in [0.2, 0.25) is 0 Å². The Morgan fingerprint density at radius 2 is 2.00 bits per heavy atom. The number of rotatable bonds is 4. The third kappa shape index (κ3) is 3.36. The number of hydrogen-bond acceptors (Lipinski definition) is 5. The third-order valence-electron chi connectivity index (χ3n) is 4.28. The fourth-order valence-electron chi connectivity index (χ4n) is 3.08. The van der Waals surface area contributed by atoms with Gasteiger partial charge in [-0.25, -0.2) is 8.42 Å². The lowest BCUT2D eigenvalue weighted by Crippen LogP contribution is -2.57. The smallest absolute Gasteiger partial charge is 0.305 e. The molecule has 25 heavy (non-hydrogen) atoms. The van der Waals surface area contributed by atoms with E-state index in [9.17, 15) is 18.0 Å². The van der Waals surface area contributed by atoms with Gasteiger partial charge in [0.05, 0.1) is 15.1 Å². The number of benzene rings is 1. The van der Waals surface area contributed by atoms with Crippen LogP contribution in [0.4, 0.5) is 0 Å². The molecule has 0 aliphatic carbocycles. The maximum atomic E-state index is 13.0. The lowest BCUT2D eigenvalue weighted by Gasteiger charge is -2.38. The minimum atomic E-state index is -3.80. The molecule has 2 heterocycles. The summed E-state index contributed by atoms with van der Waals surface area (Å²) in [6, 6.07) is 3.81. The number of piperazine rings is 1. The first kappa shape index (κ1) is 18.1. The molecule has 1 atom stereocenters. The highest BCUT2D eigenvalue weighted by Gasteiger charge is 2.39. The van der Waals surface area contributed by atoms with Gasteiger partial charge in [-0.1, -0.05) is 25.2 Å². The lowest BCUT2D eigenvalue weighted by molar-refractivity contribution is -0.138. The van der Waals surface area contributed by atoms with Crippen molar-refractivity contribution in [2.24, 2.45) is 5.92 Å². The summed E-state index contributed by atoms with van der Waals surface area (Å²) in [6.07, 6.45) is 0. The van der Waals surface area contributed by atoms with Crippen molar-refractivity contribution in [1.82, 2.24) is 14.2 Å². The van der Waals surface area contributed by atoms with Crippen LogP contribution in [-0.2, 0) is 14.8 Å². The minimum absolute atomic E-state index is 0.104. The van der Waals surface area contributed by atoms with E-state index < -0.39 is 16.1 Å². The number of carbonyl (C=O) groups is 1. The molecule has 2 aromatic rings. The molecular weight excluding hydrogens is 362 g/mol. The van der Waals surface area contributed by atoms with Gasteiger partial charge < -0.3 is 9.88 Å². The number of hydrogen-bond donors (Lipinski definition) is 1. The number of nitrogens with zero attached hydrogens (tertiary/aromatic N) is 2. The Labute approximate surface area is 150 Å². The van der Waals surface area contributed by atoms with Crippen molar-refractivity contribution in [3.8, 4) is 0 Å². The zero-order chi connectivity index (χ0) is 18.4. The van der Waals surface area contributed by atoms with Crippen molar-refractivity contribution in [2.75, 3.05) is 19.6 Å². The Hall–Kier alpha value is -1.71. The van der Waals surface area contributed by atoms with Crippen LogP contribution in [0.5, 0.6) is 0 Å². The van der Waals surface area contributed by atoms with E-state index in [1.165, 1.54) is 16.4 Å². The number of fused-ring (bicyclic) bond motifs is 1. The maximum absolute atomic E-state index is 13.0. The SMILES string of the molecule is CC(C)CN1CCN(S(=O)(=O)c2ccc3[nH]c(=O)sc3c2)[C@@H](C)C1=O. The van der Waals surface area contributed by atoms with E-state index in [4.69, 9.17) is 0 Å². The molecule has 1 saturated heterocycles. The topological polar surface area (TPSA) is 90.6 Å². The molecule has 1 aromatic heterocycles. The molecular formula is C16H21N3O4S2. The van der Waals surface area contributed by atoms with Crippen molar-refractivity contribution in [3.05, 3.63) is 27.9 Å². The average Bonchev–Trinajstić information content (AvgIpc) is 2.90. The fourth-order valence-corrected chi connectivity index (χ4v) is 5.54. The molecule has 1 aromatic carbocycles. The summed E-state index contributed by atoms with van der Waals surface area (Å²) in [6.45, 7) is 6.96. The molecule has 0 spiro atoms. The van der Waals surface area contributed by atoms with Crippen LogP contribution in [0.15, 0.2) is 27.9 Å². The first-order valence-electron chi connectivity index (χ1n) is 8.13. The third-order valence-corrected chi connectivity index (χ3v) is 7.09. The number of sulfonamides is 1. The highest BCUT2D eigenvalue weighted by Crippen LogP contribution is 2.26. The van der Waals surface area contributed by atoms with E-state index in [0.717, 1.165) is 11.3 Å². The lowest BCUT2D eigenvalue weighted by atomic mass is 10.1. The van der Waals surface area contributed by atoms with Gasteiger partial charge in [-0.2, -0.15) is 4.31 Å². The predicted molar refractivity (Wildman–Crippen MR) is 97.2 cm³/mol. The van der Waals surface area contributed by atoms with Crippen molar-refractivity contribution >= 4 is 37.5 Å². The Morgan fingerprint density at radius 1 is 1.28 bits per heavy atom. The molecule has 0 saturated carbocycles. The van der Waals surface area contributed by atoms with Gasteiger partial charge in [-0.3, -0.25) is 9.59 Å². The van der Waals surface area contributed by atoms with Crippen LogP contribution in [0, 0.1) is 5.92 Å². The monoisotopic (exact) mass is 383 g/mol. The molecule has 9 heteroatoms. The Kier molecular flexibility index (Phi) is 4.74. The Balaban J connectivity index is 1.91. The van der Waals surface area contributed by atoms with E-state index in [2.05, 4.69) is 4.98 Å². The van der Waals surface area contributed by atoms with E-state index in [0.29, 0.717) is 29.2 Å². The van der Waals surface area contributed by atoms with Crippen LogP contribution >= 0.6 is 11.3 Å². The second kappa shape index (κ2) is 6.54. The van der Waals surface area contributed by atoms with Crippen LogP contribution in [0.25, 0.3) is 10.2 Å². The first-order valence-corrected chi connectivity index (χ1v) is 10.4. The predicted octanol–water partition coefficient (Wildman–Crippen LogP) is 1.47. The summed E-state index contributed by atoms with van der Waals surface area (Å²) in [5.41, 5.74) is 0.611. The molecule has 0 radical (unpaired) electrons. The summed E-state index contributed by atoms with van der Waals surface area (Å²) in [4.78, 5) is 28.2. The quantitative estimate of drug-likeness (QED) is 0.866. The molecule has 1 aliphatic rings. The van der Waals surface area contributed by atoms with Crippen LogP contribution < -0.4 is 4.87 Å². The van der Waals surface area contributed by atoms with E-state index in [-0.39, 0.29) is 22.2 Å². The molecule has 136 valence electrons. The van der Waals surface area contributed by atoms with Crippen molar-refractivity contribution in [1.29, 1.82) is 0 Å². The number of amides is 1. The number of thiazole rings is 1. The molecule has 3 rings (SSSR count). The van der Waals surface area contributed by atoms with Gasteiger partial charge in [0.15, 0.2) is 0 Å². The molecule has 0 bridgehead atoms. The number of aromatic nitrogens is 1. The highest BCUT2D eigenvalue weighted by molar-refractivity contribution is 7.89.